The molecule has 0 aromatic rings. The predicted molar refractivity (Wildman–Crippen MR) is 202 cm³/mol. The van der Waals surface area contributed by atoms with E-state index in [4.69, 9.17) is 0 Å². The van der Waals surface area contributed by atoms with Crippen molar-refractivity contribution >= 4 is 15.8 Å². The number of hydrogen-bond acceptors (Lipinski definition) is 0. The van der Waals surface area contributed by atoms with E-state index in [9.17, 15) is 0 Å². The molecule has 260 valence electrons. The number of fused-ring (bicyclic) bond motifs is 10. The Labute approximate surface area is 273 Å². The molecule has 0 radical (unpaired) electrons. The molecule has 4 unspecified atom stereocenters. The van der Waals surface area contributed by atoms with Gasteiger partial charge in [-0.3, -0.25) is 0 Å². The van der Waals surface area contributed by atoms with Gasteiger partial charge in [-0.15, -0.1) is 0 Å². The normalized spacial score (nSPS) is 54.4. The molecule has 0 aliphatic carbocycles. The standard InChI is InChI=1S/C37H71P2.C5H5.Cr/c1-5-9-13-17-21-25-32-38(33-26-22-18-14-10-6-2)36-30-29-31-37(36)39(34-27-23-19-15-11-7-3)35-28-24-20-16-12-8-4;1-2-4-5-3-1;/h29-31H,5-28,32-35H2,1-4H3;1-5H;. The molecule has 0 saturated carbocycles. The quantitative estimate of drug-likeness (QED) is 0.0519. The zero-order valence-corrected chi connectivity index (χ0v) is 33.8. The van der Waals surface area contributed by atoms with Gasteiger partial charge in [-0.2, -0.15) is 0 Å². The van der Waals surface area contributed by atoms with Crippen molar-refractivity contribution in [3.05, 3.63) is 0 Å². The Balaban J connectivity index is 0.919. The van der Waals surface area contributed by atoms with E-state index in [0.717, 1.165) is 0 Å². The topological polar surface area (TPSA) is 0 Å². The Bertz CT molecular complexity index is 1310. The Morgan fingerprint density at radius 2 is 0.578 bits per heavy atom. The summed E-state index contributed by atoms with van der Waals surface area (Å²) in [6, 6.07) is 0. The van der Waals surface area contributed by atoms with Crippen molar-refractivity contribution in [2.24, 2.45) is 0 Å². The van der Waals surface area contributed by atoms with Gasteiger partial charge in [0.1, 0.15) is 0 Å². The molecule has 0 aromatic heterocycles. The number of rotatable bonds is 30. The fraction of sp³-hybridized carbons (Fsp3) is 1.00. The molecule has 0 bridgehead atoms. The van der Waals surface area contributed by atoms with Crippen LogP contribution in [-0.2, 0) is 6.65 Å². The molecule has 10 fully saturated rings. The average Bonchev–Trinajstić information content (AvgIpc) is 4.00. The molecule has 45 heavy (non-hydrogen) atoms. The third-order valence-corrected chi connectivity index (χ3v) is 91.1. The summed E-state index contributed by atoms with van der Waals surface area (Å²) in [4.78, 5) is 0. The van der Waals surface area contributed by atoms with Crippen molar-refractivity contribution in [1.82, 2.24) is 0 Å². The summed E-state index contributed by atoms with van der Waals surface area (Å²) in [7, 11) is 0.721. The zero-order valence-electron chi connectivity index (χ0n) is 30.7. The van der Waals surface area contributed by atoms with Crippen LogP contribution in [-0.4, -0.2) is 32.7 Å². The minimum absolute atomic E-state index is 0.360. The van der Waals surface area contributed by atoms with Gasteiger partial charge in [0, 0.05) is 0 Å². The Hall–Kier alpha value is 1.39. The first kappa shape index (κ1) is 31.2. The van der Waals surface area contributed by atoms with Gasteiger partial charge in [0.2, 0.25) is 0 Å². The summed E-state index contributed by atoms with van der Waals surface area (Å²) in [5, 5.41) is 0. The summed E-state index contributed by atoms with van der Waals surface area (Å²) < 4.78 is 14.8. The molecule has 1 spiro atoms. The van der Waals surface area contributed by atoms with E-state index in [0.29, 0.717) is 15.8 Å². The first-order chi connectivity index (χ1) is 22.0. The summed E-state index contributed by atoms with van der Waals surface area (Å²) in [6.45, 7) is 5.99. The van der Waals surface area contributed by atoms with Gasteiger partial charge >= 0.3 is 275 Å². The maximum atomic E-state index is 2.40. The molecule has 0 amide bonds. The van der Waals surface area contributed by atoms with Gasteiger partial charge in [0.05, 0.1) is 0 Å². The summed E-state index contributed by atoms with van der Waals surface area (Å²) in [5.41, 5.74) is 0. The maximum absolute atomic E-state index is 3.60. The van der Waals surface area contributed by atoms with Crippen molar-refractivity contribution in [2.45, 2.75) is 228 Å². The van der Waals surface area contributed by atoms with Crippen LogP contribution in [0.1, 0.15) is 182 Å². The molecule has 0 aromatic carbocycles. The predicted octanol–water partition coefficient (Wildman–Crippen LogP) is 15.6. The number of hydrogen-bond donors (Lipinski definition) is 0. The van der Waals surface area contributed by atoms with Gasteiger partial charge in [-0.1, -0.05) is 0 Å². The van der Waals surface area contributed by atoms with E-state index in [1.807, 2.05) is 0 Å². The van der Waals surface area contributed by atoms with Crippen LogP contribution in [0.2, 0.25) is 38.2 Å². The van der Waals surface area contributed by atoms with Gasteiger partial charge in [0.15, 0.2) is 0 Å². The average molecular weight is 695 g/mol. The first-order valence-corrected chi connectivity index (χ1v) is 32.6. The van der Waals surface area contributed by atoms with Gasteiger partial charge in [0.25, 0.3) is 0 Å². The van der Waals surface area contributed by atoms with Gasteiger partial charge in [-0.05, 0) is 0 Å². The zero-order chi connectivity index (χ0) is 30.9. The second kappa shape index (κ2) is 6.60. The minimum atomic E-state index is -3.60. The van der Waals surface area contributed by atoms with E-state index in [1.165, 1.54) is 85.1 Å². The molecule has 10 aliphatic heterocycles. The van der Waals surface area contributed by atoms with Crippen molar-refractivity contribution < 1.29 is 6.65 Å². The molecular weight excluding hydrogens is 618 g/mol. The second-order valence-corrected chi connectivity index (χ2v) is 55.0. The van der Waals surface area contributed by atoms with Crippen molar-refractivity contribution in [2.75, 3.05) is 24.6 Å². The molecule has 0 nitrogen and oxygen atoms in total. The van der Waals surface area contributed by atoms with Gasteiger partial charge in [-0.25, -0.2) is 0 Å². The Kier molecular flexibility index (Phi) is 4.57. The van der Waals surface area contributed by atoms with Crippen molar-refractivity contribution in [3.8, 4) is 0 Å². The van der Waals surface area contributed by atoms with Crippen LogP contribution >= 0.6 is 15.8 Å². The van der Waals surface area contributed by atoms with Crippen molar-refractivity contribution in [3.63, 3.8) is 0 Å². The van der Waals surface area contributed by atoms with E-state index in [-0.39, 0.29) is 0 Å². The first-order valence-electron chi connectivity index (χ1n) is 22.0. The summed E-state index contributed by atoms with van der Waals surface area (Å²) >= 11 is 0. The Morgan fingerprint density at radius 1 is 0.333 bits per heavy atom. The fourth-order valence-electron chi connectivity index (χ4n) is 26.3. The van der Waals surface area contributed by atoms with E-state index >= 15 is 0 Å². The molecule has 10 saturated heterocycles. The third kappa shape index (κ3) is 1.15. The molecular formula is C42H76CrP2. The third-order valence-electron chi connectivity index (χ3n) is 24.9. The van der Waals surface area contributed by atoms with Crippen LogP contribution < -0.4 is 0 Å². The van der Waals surface area contributed by atoms with Crippen LogP contribution in [0, 0.1) is 0 Å². The summed E-state index contributed by atoms with van der Waals surface area (Å²) in [5.74, 6) is 0. The van der Waals surface area contributed by atoms with Crippen LogP contribution in [0.5, 0.6) is 0 Å². The van der Waals surface area contributed by atoms with Crippen LogP contribution in [0.4, 0.5) is 0 Å². The second-order valence-electron chi connectivity index (χ2n) is 21.9. The van der Waals surface area contributed by atoms with Gasteiger partial charge < -0.3 is 0 Å². The fourth-order valence-corrected chi connectivity index (χ4v) is 158. The number of unbranched alkanes of at least 4 members (excludes halogenated alkanes) is 20. The van der Waals surface area contributed by atoms with Crippen molar-refractivity contribution in [1.29, 1.82) is 0 Å². The molecule has 10 rings (SSSR count). The molecule has 0 N–H and O–H groups in total. The van der Waals surface area contributed by atoms with E-state index in [1.54, 1.807) is 140 Å². The SMILES string of the molecule is CCCCCCCCP(CCCCCCCC)[C]12[CH]3[CH]4[CH]5[C]1(P(CCCCCCCC)CCCCCCCC)[Cr]43521678[CH]2[CH]1[CH]6[CH]7[CH]28. The molecule has 10 aliphatic rings. The van der Waals surface area contributed by atoms with E-state index < -0.39 is 6.65 Å². The molecule has 10 heterocycles. The van der Waals surface area contributed by atoms with Crippen LogP contribution in [0.25, 0.3) is 0 Å². The van der Waals surface area contributed by atoms with Crippen LogP contribution in [0.3, 0.4) is 0 Å². The summed E-state index contributed by atoms with van der Waals surface area (Å²) in [6.07, 6.45) is 44.0. The molecule has 3 heteroatoms. The molecule has 4 atom stereocenters. The van der Waals surface area contributed by atoms with E-state index in [2.05, 4.69) is 27.7 Å². The monoisotopic (exact) mass is 694 g/mol. The Morgan fingerprint density at radius 3 is 0.800 bits per heavy atom. The van der Waals surface area contributed by atoms with Crippen LogP contribution in [0.15, 0.2) is 0 Å².